The summed E-state index contributed by atoms with van der Waals surface area (Å²) in [5.41, 5.74) is 7.13. The highest BCUT2D eigenvalue weighted by molar-refractivity contribution is 5.11. The Morgan fingerprint density at radius 3 is 2.45 bits per heavy atom. The highest BCUT2D eigenvalue weighted by atomic mass is 16.5. The van der Waals surface area contributed by atoms with E-state index >= 15 is 0 Å². The molecule has 0 spiro atoms. The molecule has 1 aromatic rings. The van der Waals surface area contributed by atoms with Crippen LogP contribution < -0.4 is 5.73 Å². The van der Waals surface area contributed by atoms with E-state index in [0.29, 0.717) is 19.8 Å². The maximum Gasteiger partial charge on any atom is 0.0589 e. The SMILES string of the molecule is CCCn1cc(C(CN)N(CCOC)CCOC)cn1. The summed E-state index contributed by atoms with van der Waals surface area (Å²) in [6.45, 7) is 6.68. The van der Waals surface area contributed by atoms with Crippen LogP contribution in [-0.2, 0) is 16.0 Å². The van der Waals surface area contributed by atoms with Crippen LogP contribution in [-0.4, -0.2) is 61.7 Å². The Bertz CT molecular complexity index is 349. The van der Waals surface area contributed by atoms with Crippen LogP contribution >= 0.6 is 0 Å². The second-order valence-corrected chi connectivity index (χ2v) is 4.81. The van der Waals surface area contributed by atoms with Crippen molar-refractivity contribution in [1.82, 2.24) is 14.7 Å². The average molecular weight is 284 g/mol. The van der Waals surface area contributed by atoms with Gasteiger partial charge in [0, 0.05) is 52.2 Å². The zero-order valence-electron chi connectivity index (χ0n) is 12.9. The van der Waals surface area contributed by atoms with Gasteiger partial charge in [-0.2, -0.15) is 5.10 Å². The zero-order chi connectivity index (χ0) is 14.8. The summed E-state index contributed by atoms with van der Waals surface area (Å²) in [7, 11) is 3.43. The van der Waals surface area contributed by atoms with E-state index in [1.165, 1.54) is 0 Å². The summed E-state index contributed by atoms with van der Waals surface area (Å²) < 4.78 is 12.3. The van der Waals surface area contributed by atoms with E-state index in [4.69, 9.17) is 15.2 Å². The number of ether oxygens (including phenoxy) is 2. The fourth-order valence-electron chi connectivity index (χ4n) is 2.24. The number of rotatable bonds is 11. The first-order valence-corrected chi connectivity index (χ1v) is 7.21. The molecule has 0 aromatic carbocycles. The third-order valence-corrected chi connectivity index (χ3v) is 3.32. The lowest BCUT2D eigenvalue weighted by molar-refractivity contribution is 0.0891. The summed E-state index contributed by atoms with van der Waals surface area (Å²) in [5.74, 6) is 0. The van der Waals surface area contributed by atoms with Gasteiger partial charge in [0.05, 0.1) is 25.5 Å². The number of aromatic nitrogens is 2. The lowest BCUT2D eigenvalue weighted by Crippen LogP contribution is -2.38. The van der Waals surface area contributed by atoms with Crippen LogP contribution in [0.15, 0.2) is 12.4 Å². The lowest BCUT2D eigenvalue weighted by atomic mass is 10.1. The molecule has 0 saturated carbocycles. The van der Waals surface area contributed by atoms with Gasteiger partial charge in [0.2, 0.25) is 0 Å². The summed E-state index contributed by atoms with van der Waals surface area (Å²) in [6.07, 6.45) is 5.08. The Labute approximate surface area is 121 Å². The van der Waals surface area contributed by atoms with Crippen molar-refractivity contribution in [2.75, 3.05) is 47.1 Å². The largest absolute Gasteiger partial charge is 0.383 e. The van der Waals surface area contributed by atoms with Gasteiger partial charge in [-0.15, -0.1) is 0 Å². The Kier molecular flexibility index (Phi) is 8.45. The topological polar surface area (TPSA) is 65.5 Å². The fourth-order valence-corrected chi connectivity index (χ4v) is 2.24. The Morgan fingerprint density at radius 1 is 1.30 bits per heavy atom. The molecule has 0 saturated heterocycles. The number of hydrogen-bond donors (Lipinski definition) is 1. The average Bonchev–Trinajstić information content (AvgIpc) is 2.90. The first kappa shape index (κ1) is 17.1. The molecule has 0 fully saturated rings. The van der Waals surface area contributed by atoms with Crippen molar-refractivity contribution < 1.29 is 9.47 Å². The van der Waals surface area contributed by atoms with Gasteiger partial charge < -0.3 is 15.2 Å². The van der Waals surface area contributed by atoms with Gasteiger partial charge in [0.25, 0.3) is 0 Å². The molecule has 6 nitrogen and oxygen atoms in total. The Morgan fingerprint density at radius 2 is 1.95 bits per heavy atom. The maximum absolute atomic E-state index is 5.97. The first-order chi connectivity index (χ1) is 9.76. The molecule has 2 N–H and O–H groups in total. The quantitative estimate of drug-likeness (QED) is 0.653. The number of hydrogen-bond acceptors (Lipinski definition) is 5. The zero-order valence-corrected chi connectivity index (χ0v) is 12.9. The van der Waals surface area contributed by atoms with E-state index in [-0.39, 0.29) is 6.04 Å². The molecule has 0 amide bonds. The molecule has 1 unspecified atom stereocenters. The predicted molar refractivity (Wildman–Crippen MR) is 79.6 cm³/mol. The second-order valence-electron chi connectivity index (χ2n) is 4.81. The number of aryl methyl sites for hydroxylation is 1. The van der Waals surface area contributed by atoms with Gasteiger partial charge in [-0.1, -0.05) is 6.92 Å². The van der Waals surface area contributed by atoms with Gasteiger partial charge in [-0.3, -0.25) is 9.58 Å². The minimum absolute atomic E-state index is 0.158. The van der Waals surface area contributed by atoms with E-state index < -0.39 is 0 Å². The lowest BCUT2D eigenvalue weighted by Gasteiger charge is -2.29. The summed E-state index contributed by atoms with van der Waals surface area (Å²) in [4.78, 5) is 2.29. The van der Waals surface area contributed by atoms with Gasteiger partial charge in [0.1, 0.15) is 0 Å². The molecule has 0 aliphatic heterocycles. The fraction of sp³-hybridized carbons (Fsp3) is 0.786. The minimum Gasteiger partial charge on any atom is -0.383 e. The maximum atomic E-state index is 5.97. The molecular formula is C14H28N4O2. The van der Waals surface area contributed by atoms with Gasteiger partial charge in [0.15, 0.2) is 0 Å². The monoisotopic (exact) mass is 284 g/mol. The smallest absolute Gasteiger partial charge is 0.0589 e. The van der Waals surface area contributed by atoms with Crippen LogP contribution in [0.5, 0.6) is 0 Å². The normalized spacial score (nSPS) is 13.1. The van der Waals surface area contributed by atoms with Crippen molar-refractivity contribution in [1.29, 1.82) is 0 Å². The third-order valence-electron chi connectivity index (χ3n) is 3.32. The van der Waals surface area contributed by atoms with Crippen molar-refractivity contribution in [3.63, 3.8) is 0 Å². The molecule has 1 aromatic heterocycles. The van der Waals surface area contributed by atoms with Gasteiger partial charge >= 0.3 is 0 Å². The number of methoxy groups -OCH3 is 2. The molecule has 0 aliphatic rings. The second kappa shape index (κ2) is 9.88. The van der Waals surface area contributed by atoms with Crippen molar-refractivity contribution >= 4 is 0 Å². The highest BCUT2D eigenvalue weighted by Gasteiger charge is 2.20. The van der Waals surface area contributed by atoms with Crippen molar-refractivity contribution in [2.24, 2.45) is 5.73 Å². The molecule has 1 rings (SSSR count). The predicted octanol–water partition coefficient (Wildman–Crippen LogP) is 0.888. The standard InChI is InChI=1S/C14H28N4O2/c1-4-5-18-12-13(11-16-18)14(10-15)17(6-8-19-2)7-9-20-3/h11-12,14H,4-10,15H2,1-3H3. The number of nitrogens with two attached hydrogens (primary N) is 1. The van der Waals surface area contributed by atoms with Crippen LogP contribution in [0.3, 0.4) is 0 Å². The summed E-state index contributed by atoms with van der Waals surface area (Å²) in [5, 5.41) is 4.39. The highest BCUT2D eigenvalue weighted by Crippen LogP contribution is 2.19. The molecule has 1 heterocycles. The summed E-state index contributed by atoms with van der Waals surface area (Å²) >= 11 is 0. The molecule has 1 atom stereocenters. The van der Waals surface area contributed by atoms with E-state index in [0.717, 1.165) is 31.6 Å². The molecule has 0 aliphatic carbocycles. The Hall–Kier alpha value is -0.950. The van der Waals surface area contributed by atoms with Crippen molar-refractivity contribution in [3.8, 4) is 0 Å². The van der Waals surface area contributed by atoms with Crippen molar-refractivity contribution in [2.45, 2.75) is 25.9 Å². The van der Waals surface area contributed by atoms with E-state index in [9.17, 15) is 0 Å². The molecule has 0 radical (unpaired) electrons. The van der Waals surface area contributed by atoms with Crippen LogP contribution in [0.1, 0.15) is 24.9 Å². The van der Waals surface area contributed by atoms with Crippen LogP contribution in [0.4, 0.5) is 0 Å². The molecule has 20 heavy (non-hydrogen) atoms. The summed E-state index contributed by atoms with van der Waals surface area (Å²) in [6, 6.07) is 0.158. The van der Waals surface area contributed by atoms with E-state index in [1.807, 2.05) is 10.9 Å². The molecular weight excluding hydrogens is 256 g/mol. The van der Waals surface area contributed by atoms with Crippen molar-refractivity contribution in [3.05, 3.63) is 18.0 Å². The van der Waals surface area contributed by atoms with E-state index in [2.05, 4.69) is 23.1 Å². The van der Waals surface area contributed by atoms with Crippen LogP contribution in [0.25, 0.3) is 0 Å². The Balaban J connectivity index is 2.75. The molecule has 0 bridgehead atoms. The van der Waals surface area contributed by atoms with Crippen LogP contribution in [0.2, 0.25) is 0 Å². The van der Waals surface area contributed by atoms with E-state index in [1.54, 1.807) is 14.2 Å². The number of nitrogens with zero attached hydrogens (tertiary/aromatic N) is 3. The van der Waals surface area contributed by atoms with Gasteiger partial charge in [-0.25, -0.2) is 0 Å². The third kappa shape index (κ3) is 5.20. The van der Waals surface area contributed by atoms with Gasteiger partial charge in [-0.05, 0) is 6.42 Å². The minimum atomic E-state index is 0.158. The molecule has 116 valence electrons. The first-order valence-electron chi connectivity index (χ1n) is 7.21. The van der Waals surface area contributed by atoms with Crippen LogP contribution in [0, 0.1) is 0 Å². The molecule has 6 heteroatoms.